The Morgan fingerprint density at radius 3 is 2.81 bits per heavy atom. The molecule has 0 amide bonds. The van der Waals surface area contributed by atoms with Gasteiger partial charge < -0.3 is 0 Å². The molecule has 5 aromatic rings. The van der Waals surface area contributed by atoms with Gasteiger partial charge in [0.2, 0.25) is 0 Å². The van der Waals surface area contributed by atoms with Gasteiger partial charge in [-0.25, -0.2) is 4.68 Å². The zero-order valence-electron chi connectivity index (χ0n) is 15.0. The molecular formula is C20H17N7. The molecule has 0 spiro atoms. The van der Waals surface area contributed by atoms with Crippen LogP contribution in [0.1, 0.15) is 18.5 Å². The molecule has 4 heterocycles. The van der Waals surface area contributed by atoms with E-state index in [0.717, 1.165) is 38.8 Å². The number of fused-ring (bicyclic) bond motifs is 2. The van der Waals surface area contributed by atoms with Crippen molar-refractivity contribution in [3.05, 3.63) is 66.7 Å². The van der Waals surface area contributed by atoms with Crippen molar-refractivity contribution in [3.8, 4) is 11.3 Å². The van der Waals surface area contributed by atoms with Crippen LogP contribution in [0.25, 0.3) is 33.2 Å². The van der Waals surface area contributed by atoms with Crippen LogP contribution in [-0.2, 0) is 7.05 Å². The molecule has 0 aliphatic heterocycles. The van der Waals surface area contributed by atoms with E-state index in [2.05, 4.69) is 50.5 Å². The van der Waals surface area contributed by atoms with Crippen molar-refractivity contribution in [1.29, 1.82) is 0 Å². The van der Waals surface area contributed by atoms with Crippen LogP contribution in [0.15, 0.2) is 61.2 Å². The lowest BCUT2D eigenvalue weighted by Crippen LogP contribution is -2.08. The molecule has 0 radical (unpaired) electrons. The maximum absolute atomic E-state index is 4.50. The van der Waals surface area contributed by atoms with E-state index in [-0.39, 0.29) is 6.04 Å². The average molecular weight is 355 g/mol. The molecule has 0 fully saturated rings. The van der Waals surface area contributed by atoms with Crippen LogP contribution in [0.3, 0.4) is 0 Å². The fourth-order valence-corrected chi connectivity index (χ4v) is 3.40. The third-order valence-corrected chi connectivity index (χ3v) is 4.85. The fraction of sp³-hybridized carbons (Fsp3) is 0.150. The Morgan fingerprint density at radius 1 is 1.04 bits per heavy atom. The highest BCUT2D eigenvalue weighted by molar-refractivity contribution is 5.88. The topological polar surface area (TPSA) is 74.3 Å². The van der Waals surface area contributed by atoms with E-state index in [4.69, 9.17) is 0 Å². The minimum atomic E-state index is 0.0313. The summed E-state index contributed by atoms with van der Waals surface area (Å²) in [5, 5.41) is 14.2. The van der Waals surface area contributed by atoms with E-state index in [1.165, 1.54) is 0 Å². The van der Waals surface area contributed by atoms with Gasteiger partial charge in [-0.1, -0.05) is 17.3 Å². The lowest BCUT2D eigenvalue weighted by Gasteiger charge is -2.14. The van der Waals surface area contributed by atoms with Gasteiger partial charge in [-0.05, 0) is 36.8 Å². The number of aryl methyl sites for hydroxylation is 1. The Balaban J connectivity index is 1.62. The standard InChI is InChI=1S/C20H17N7/c1-13(14-5-6-17-15(10-14)4-3-8-21-17)27-18-7-9-22-19(20(18)24-25-27)16-11-23-26(2)12-16/h3-13H,1-2H3. The van der Waals surface area contributed by atoms with Gasteiger partial charge in [0.25, 0.3) is 0 Å². The van der Waals surface area contributed by atoms with Crippen LogP contribution in [-0.4, -0.2) is 34.7 Å². The van der Waals surface area contributed by atoms with Crippen LogP contribution < -0.4 is 0 Å². The van der Waals surface area contributed by atoms with E-state index in [0.29, 0.717) is 0 Å². The Kier molecular flexibility index (Phi) is 3.46. The van der Waals surface area contributed by atoms with Crippen LogP contribution in [0.4, 0.5) is 0 Å². The van der Waals surface area contributed by atoms with E-state index in [1.807, 2.05) is 42.3 Å². The molecule has 27 heavy (non-hydrogen) atoms. The second-order valence-electron chi connectivity index (χ2n) is 6.60. The minimum Gasteiger partial charge on any atom is -0.275 e. The third kappa shape index (κ3) is 2.55. The molecule has 0 bridgehead atoms. The molecule has 0 saturated carbocycles. The average Bonchev–Trinajstić information content (AvgIpc) is 3.33. The molecule has 4 aromatic heterocycles. The Labute approximate surface area is 155 Å². The molecule has 1 unspecified atom stereocenters. The number of hydrogen-bond donors (Lipinski definition) is 0. The van der Waals surface area contributed by atoms with Crippen LogP contribution >= 0.6 is 0 Å². The predicted molar refractivity (Wildman–Crippen MR) is 103 cm³/mol. The summed E-state index contributed by atoms with van der Waals surface area (Å²) in [4.78, 5) is 8.89. The smallest absolute Gasteiger partial charge is 0.139 e. The van der Waals surface area contributed by atoms with Crippen LogP contribution in [0, 0.1) is 0 Å². The number of pyridine rings is 2. The first-order valence-electron chi connectivity index (χ1n) is 8.74. The van der Waals surface area contributed by atoms with Gasteiger partial charge in [-0.2, -0.15) is 5.10 Å². The van der Waals surface area contributed by atoms with Gasteiger partial charge in [-0.3, -0.25) is 14.6 Å². The van der Waals surface area contributed by atoms with Crippen molar-refractivity contribution in [2.45, 2.75) is 13.0 Å². The molecule has 5 rings (SSSR count). The summed E-state index contributed by atoms with van der Waals surface area (Å²) < 4.78 is 3.69. The summed E-state index contributed by atoms with van der Waals surface area (Å²) in [5.41, 5.74) is 5.59. The minimum absolute atomic E-state index is 0.0313. The first kappa shape index (κ1) is 15.6. The second-order valence-corrected chi connectivity index (χ2v) is 6.60. The Morgan fingerprint density at radius 2 is 1.96 bits per heavy atom. The predicted octanol–water partition coefficient (Wildman–Crippen LogP) is 3.38. The van der Waals surface area contributed by atoms with Gasteiger partial charge in [0.15, 0.2) is 0 Å². The molecule has 1 aromatic carbocycles. The monoisotopic (exact) mass is 355 g/mol. The first-order valence-corrected chi connectivity index (χ1v) is 8.74. The number of hydrogen-bond acceptors (Lipinski definition) is 5. The molecule has 0 saturated heterocycles. The lowest BCUT2D eigenvalue weighted by atomic mass is 10.1. The van der Waals surface area contributed by atoms with Gasteiger partial charge in [0.05, 0.1) is 23.3 Å². The molecule has 0 aliphatic carbocycles. The van der Waals surface area contributed by atoms with E-state index in [1.54, 1.807) is 17.1 Å². The Hall–Kier alpha value is -3.61. The second kappa shape index (κ2) is 5.98. The molecule has 7 nitrogen and oxygen atoms in total. The fourth-order valence-electron chi connectivity index (χ4n) is 3.40. The van der Waals surface area contributed by atoms with Crippen molar-refractivity contribution in [2.24, 2.45) is 7.05 Å². The molecule has 0 aliphatic rings. The number of nitrogens with zero attached hydrogens (tertiary/aromatic N) is 7. The van der Waals surface area contributed by atoms with Gasteiger partial charge in [0, 0.05) is 36.6 Å². The van der Waals surface area contributed by atoms with E-state index >= 15 is 0 Å². The van der Waals surface area contributed by atoms with Crippen LogP contribution in [0.2, 0.25) is 0 Å². The van der Waals surface area contributed by atoms with Crippen molar-refractivity contribution >= 4 is 21.9 Å². The summed E-state index contributed by atoms with van der Waals surface area (Å²) in [6.07, 6.45) is 7.33. The van der Waals surface area contributed by atoms with Crippen molar-refractivity contribution in [2.75, 3.05) is 0 Å². The van der Waals surface area contributed by atoms with Crippen molar-refractivity contribution < 1.29 is 0 Å². The van der Waals surface area contributed by atoms with E-state index < -0.39 is 0 Å². The van der Waals surface area contributed by atoms with Crippen molar-refractivity contribution in [1.82, 2.24) is 34.7 Å². The van der Waals surface area contributed by atoms with Gasteiger partial charge >= 0.3 is 0 Å². The third-order valence-electron chi connectivity index (χ3n) is 4.85. The lowest BCUT2D eigenvalue weighted by molar-refractivity contribution is 0.560. The molecule has 0 N–H and O–H groups in total. The van der Waals surface area contributed by atoms with Gasteiger partial charge in [0.1, 0.15) is 11.2 Å². The summed E-state index contributed by atoms with van der Waals surface area (Å²) >= 11 is 0. The molecule has 7 heteroatoms. The first-order chi connectivity index (χ1) is 13.2. The van der Waals surface area contributed by atoms with Gasteiger partial charge in [-0.15, -0.1) is 5.10 Å². The molecular weight excluding hydrogens is 338 g/mol. The zero-order valence-corrected chi connectivity index (χ0v) is 15.0. The molecule has 132 valence electrons. The summed E-state index contributed by atoms with van der Waals surface area (Å²) in [7, 11) is 1.89. The summed E-state index contributed by atoms with van der Waals surface area (Å²) in [6.45, 7) is 2.12. The highest BCUT2D eigenvalue weighted by Gasteiger charge is 2.17. The normalized spacial score (nSPS) is 12.7. The number of benzene rings is 1. The zero-order chi connectivity index (χ0) is 18.4. The van der Waals surface area contributed by atoms with Crippen LogP contribution in [0.5, 0.6) is 0 Å². The summed E-state index contributed by atoms with van der Waals surface area (Å²) in [5.74, 6) is 0. The Bertz CT molecular complexity index is 1270. The summed E-state index contributed by atoms with van der Waals surface area (Å²) in [6, 6.07) is 12.3. The highest BCUT2D eigenvalue weighted by Crippen LogP contribution is 2.28. The molecule has 1 atom stereocenters. The number of aromatic nitrogens is 7. The quantitative estimate of drug-likeness (QED) is 0.496. The SMILES string of the molecule is CC(c1ccc2ncccc2c1)n1nnc2c(-c3cnn(C)c3)nccc21. The number of rotatable bonds is 3. The maximum atomic E-state index is 4.50. The van der Waals surface area contributed by atoms with Crippen molar-refractivity contribution in [3.63, 3.8) is 0 Å². The maximum Gasteiger partial charge on any atom is 0.139 e. The van der Waals surface area contributed by atoms with E-state index in [9.17, 15) is 0 Å². The highest BCUT2D eigenvalue weighted by atomic mass is 15.4. The largest absolute Gasteiger partial charge is 0.275 e.